The highest BCUT2D eigenvalue weighted by atomic mass is 32.1. The van der Waals surface area contributed by atoms with Gasteiger partial charge in [0.1, 0.15) is 15.9 Å². The van der Waals surface area contributed by atoms with E-state index in [1.54, 1.807) is 13.8 Å². The topological polar surface area (TPSA) is 82.4 Å². The second kappa shape index (κ2) is 7.38. The van der Waals surface area contributed by atoms with Crippen LogP contribution in [0.25, 0.3) is 0 Å². The maximum atomic E-state index is 12.1. The molecule has 0 atom stereocenters. The van der Waals surface area contributed by atoms with E-state index in [2.05, 4.69) is 16.3 Å². The Morgan fingerprint density at radius 3 is 2.68 bits per heavy atom. The van der Waals surface area contributed by atoms with Crippen LogP contribution in [0.3, 0.4) is 0 Å². The van der Waals surface area contributed by atoms with E-state index in [-0.39, 0.29) is 12.5 Å². The van der Waals surface area contributed by atoms with Crippen LogP contribution in [0, 0.1) is 18.3 Å². The van der Waals surface area contributed by atoms with E-state index in [4.69, 9.17) is 4.74 Å². The number of hydrogen-bond acceptors (Lipinski definition) is 6. The lowest BCUT2D eigenvalue weighted by Crippen LogP contribution is -2.30. The number of carbonyl (C=O) groups is 2. The molecule has 6 nitrogen and oxygen atoms in total. The average molecular weight is 321 g/mol. The van der Waals surface area contributed by atoms with Crippen LogP contribution in [0.15, 0.2) is 0 Å². The minimum absolute atomic E-state index is 0.157. The van der Waals surface area contributed by atoms with Crippen LogP contribution in [-0.4, -0.2) is 43.0 Å². The van der Waals surface area contributed by atoms with Crippen molar-refractivity contribution in [3.8, 4) is 6.07 Å². The Hall–Kier alpha value is -1.91. The van der Waals surface area contributed by atoms with Crippen molar-refractivity contribution in [2.75, 3.05) is 31.6 Å². The molecule has 2 rings (SSSR count). The zero-order valence-electron chi connectivity index (χ0n) is 12.8. The molecule has 1 amide bonds. The minimum Gasteiger partial charge on any atom is -0.462 e. The molecule has 22 heavy (non-hydrogen) atoms. The summed E-state index contributed by atoms with van der Waals surface area (Å²) < 4.78 is 4.98. The summed E-state index contributed by atoms with van der Waals surface area (Å²) in [4.78, 5) is 26.4. The SMILES string of the molecule is CCOC(=O)c1sc(NC(=O)CN2CCCC2)c(C#N)c1C. The third-order valence-electron chi connectivity index (χ3n) is 3.54. The number of hydrogen-bond donors (Lipinski definition) is 1. The zero-order valence-corrected chi connectivity index (χ0v) is 13.6. The number of rotatable bonds is 5. The van der Waals surface area contributed by atoms with Gasteiger partial charge in [-0.3, -0.25) is 9.69 Å². The van der Waals surface area contributed by atoms with E-state index in [9.17, 15) is 14.9 Å². The normalized spacial score (nSPS) is 14.6. The van der Waals surface area contributed by atoms with E-state index in [1.165, 1.54) is 0 Å². The van der Waals surface area contributed by atoms with Crippen molar-refractivity contribution in [1.29, 1.82) is 5.26 Å². The quantitative estimate of drug-likeness (QED) is 0.840. The number of esters is 1. The van der Waals surface area contributed by atoms with Crippen molar-refractivity contribution in [1.82, 2.24) is 4.90 Å². The molecule has 1 fully saturated rings. The number of nitriles is 1. The van der Waals surface area contributed by atoms with E-state index in [0.29, 0.717) is 27.5 Å². The molecule has 1 aromatic rings. The van der Waals surface area contributed by atoms with Crippen molar-refractivity contribution in [3.63, 3.8) is 0 Å². The first-order valence-corrected chi connectivity index (χ1v) is 8.11. The maximum absolute atomic E-state index is 12.1. The Bertz CT molecular complexity index is 612. The number of carbonyl (C=O) groups excluding carboxylic acids is 2. The van der Waals surface area contributed by atoms with Crippen molar-refractivity contribution in [2.24, 2.45) is 0 Å². The number of anilines is 1. The van der Waals surface area contributed by atoms with Crippen molar-refractivity contribution >= 4 is 28.2 Å². The van der Waals surface area contributed by atoms with Gasteiger partial charge < -0.3 is 10.1 Å². The fourth-order valence-electron chi connectivity index (χ4n) is 2.44. The number of likely N-dealkylation sites (tertiary alicyclic amines) is 1. The highest BCUT2D eigenvalue weighted by Gasteiger charge is 2.23. The van der Waals surface area contributed by atoms with Crippen molar-refractivity contribution < 1.29 is 14.3 Å². The molecule has 0 bridgehead atoms. The van der Waals surface area contributed by atoms with Crippen LogP contribution in [0.4, 0.5) is 5.00 Å². The summed E-state index contributed by atoms with van der Waals surface area (Å²) in [5.41, 5.74) is 0.894. The molecule has 0 spiro atoms. The molecule has 7 heteroatoms. The molecular weight excluding hydrogens is 302 g/mol. The van der Waals surface area contributed by atoms with Gasteiger partial charge in [-0.2, -0.15) is 5.26 Å². The van der Waals surface area contributed by atoms with Gasteiger partial charge in [0, 0.05) is 0 Å². The fraction of sp³-hybridized carbons (Fsp3) is 0.533. The number of nitrogens with zero attached hydrogens (tertiary/aromatic N) is 2. The number of nitrogens with one attached hydrogen (secondary N) is 1. The van der Waals surface area contributed by atoms with Crippen LogP contribution in [-0.2, 0) is 9.53 Å². The summed E-state index contributed by atoms with van der Waals surface area (Å²) in [7, 11) is 0. The average Bonchev–Trinajstić information content (AvgIpc) is 3.07. The number of amides is 1. The van der Waals surface area contributed by atoms with Gasteiger partial charge in [0.05, 0.1) is 18.7 Å². The first kappa shape index (κ1) is 16.5. The molecule has 1 N–H and O–H groups in total. The van der Waals surface area contributed by atoms with Crippen LogP contribution < -0.4 is 5.32 Å². The summed E-state index contributed by atoms with van der Waals surface area (Å²) in [6.45, 7) is 5.86. The fourth-order valence-corrected chi connectivity index (χ4v) is 3.50. The Labute approximate surface area is 133 Å². The molecule has 1 aliphatic heterocycles. The molecule has 0 saturated carbocycles. The molecule has 0 unspecified atom stereocenters. The molecule has 0 radical (unpaired) electrons. The monoisotopic (exact) mass is 321 g/mol. The van der Waals surface area contributed by atoms with Gasteiger partial charge >= 0.3 is 5.97 Å². The molecule has 0 aromatic carbocycles. The van der Waals surface area contributed by atoms with Gasteiger partial charge in [0.2, 0.25) is 5.91 Å². The molecule has 2 heterocycles. The number of thiophene rings is 1. The van der Waals surface area contributed by atoms with Gasteiger partial charge in [-0.15, -0.1) is 11.3 Å². The predicted octanol–water partition coefficient (Wildman–Crippen LogP) is 2.14. The summed E-state index contributed by atoms with van der Waals surface area (Å²) >= 11 is 1.10. The molecule has 1 aromatic heterocycles. The highest BCUT2D eigenvalue weighted by molar-refractivity contribution is 7.18. The van der Waals surface area contributed by atoms with Crippen LogP contribution in [0.2, 0.25) is 0 Å². The molecule has 1 aliphatic rings. The second-order valence-electron chi connectivity index (χ2n) is 5.12. The van der Waals surface area contributed by atoms with Gasteiger partial charge in [-0.25, -0.2) is 4.79 Å². The molecule has 1 saturated heterocycles. The Balaban J connectivity index is 2.12. The molecule has 0 aliphatic carbocycles. The summed E-state index contributed by atoms with van der Waals surface area (Å²) in [6, 6.07) is 2.05. The Morgan fingerprint density at radius 2 is 2.09 bits per heavy atom. The summed E-state index contributed by atoms with van der Waals surface area (Å²) in [5, 5.41) is 12.4. The Morgan fingerprint density at radius 1 is 1.41 bits per heavy atom. The molecule has 118 valence electrons. The van der Waals surface area contributed by atoms with Crippen molar-refractivity contribution in [3.05, 3.63) is 16.0 Å². The van der Waals surface area contributed by atoms with Gasteiger partial charge in [0.25, 0.3) is 0 Å². The van der Waals surface area contributed by atoms with E-state index >= 15 is 0 Å². The predicted molar refractivity (Wildman–Crippen MR) is 84.0 cm³/mol. The van der Waals surface area contributed by atoms with Crippen molar-refractivity contribution in [2.45, 2.75) is 26.7 Å². The van der Waals surface area contributed by atoms with Crippen LogP contribution in [0.1, 0.15) is 40.6 Å². The standard InChI is InChI=1S/C15H19N3O3S/c1-3-21-15(20)13-10(2)11(8-16)14(22-13)17-12(19)9-18-6-4-5-7-18/h3-7,9H2,1-2H3,(H,17,19). The van der Waals surface area contributed by atoms with Gasteiger partial charge in [0.15, 0.2) is 0 Å². The van der Waals surface area contributed by atoms with Gasteiger partial charge in [-0.1, -0.05) is 0 Å². The Kier molecular flexibility index (Phi) is 5.52. The number of ether oxygens (including phenoxy) is 1. The molecular formula is C15H19N3O3S. The minimum atomic E-state index is -0.457. The lowest BCUT2D eigenvalue weighted by Gasteiger charge is -2.13. The van der Waals surface area contributed by atoms with E-state index in [0.717, 1.165) is 37.3 Å². The summed E-state index contributed by atoms with van der Waals surface area (Å²) in [5.74, 6) is -0.614. The lowest BCUT2D eigenvalue weighted by molar-refractivity contribution is -0.117. The largest absolute Gasteiger partial charge is 0.462 e. The maximum Gasteiger partial charge on any atom is 0.348 e. The lowest BCUT2D eigenvalue weighted by atomic mass is 10.2. The van der Waals surface area contributed by atoms with Gasteiger partial charge in [-0.05, 0) is 45.3 Å². The summed E-state index contributed by atoms with van der Waals surface area (Å²) in [6.07, 6.45) is 2.23. The van der Waals surface area contributed by atoms with E-state index in [1.807, 2.05) is 0 Å². The highest BCUT2D eigenvalue weighted by Crippen LogP contribution is 2.33. The third-order valence-corrected chi connectivity index (χ3v) is 4.73. The first-order chi connectivity index (χ1) is 10.6. The third kappa shape index (κ3) is 3.64. The second-order valence-corrected chi connectivity index (χ2v) is 6.14. The first-order valence-electron chi connectivity index (χ1n) is 7.29. The van der Waals surface area contributed by atoms with Crippen LogP contribution in [0.5, 0.6) is 0 Å². The van der Waals surface area contributed by atoms with Crippen LogP contribution >= 0.6 is 11.3 Å². The smallest absolute Gasteiger partial charge is 0.348 e. The van der Waals surface area contributed by atoms with E-state index < -0.39 is 5.97 Å². The zero-order chi connectivity index (χ0) is 16.1.